The van der Waals surface area contributed by atoms with E-state index >= 15 is 0 Å². The molecule has 1 atom stereocenters. The summed E-state index contributed by atoms with van der Waals surface area (Å²) in [6.45, 7) is 2.88. The van der Waals surface area contributed by atoms with Crippen molar-refractivity contribution in [3.05, 3.63) is 40.3 Å². The number of hydrogen-bond acceptors (Lipinski definition) is 3. The quantitative estimate of drug-likeness (QED) is 0.866. The fraction of sp³-hybridized carbons (Fsp3) is 0.417. The topological polar surface area (TPSA) is 38.0 Å². The van der Waals surface area contributed by atoms with Crippen LogP contribution in [0, 0.1) is 0 Å². The minimum Gasteiger partial charge on any atom is -0.388 e. The molecule has 2 rings (SSSR count). The molecular formula is C12H16N2OS. The van der Waals surface area contributed by atoms with Crippen molar-refractivity contribution in [1.82, 2.24) is 9.78 Å². The average molecular weight is 236 g/mol. The van der Waals surface area contributed by atoms with E-state index in [1.807, 2.05) is 23.9 Å². The van der Waals surface area contributed by atoms with Gasteiger partial charge in [-0.15, -0.1) is 11.3 Å². The first-order valence-electron chi connectivity index (χ1n) is 5.52. The maximum Gasteiger partial charge on any atom is 0.0824 e. The van der Waals surface area contributed by atoms with Gasteiger partial charge in [0.25, 0.3) is 0 Å². The summed E-state index contributed by atoms with van der Waals surface area (Å²) in [5.74, 6) is 0. The van der Waals surface area contributed by atoms with Crippen molar-refractivity contribution in [2.24, 2.45) is 0 Å². The van der Waals surface area contributed by atoms with Gasteiger partial charge >= 0.3 is 0 Å². The molecule has 0 aromatic carbocycles. The van der Waals surface area contributed by atoms with Crippen LogP contribution in [0.3, 0.4) is 0 Å². The molecule has 4 heteroatoms. The van der Waals surface area contributed by atoms with Crippen LogP contribution in [0.25, 0.3) is 0 Å². The Labute approximate surface area is 99.4 Å². The van der Waals surface area contributed by atoms with Gasteiger partial charge in [0.05, 0.1) is 12.3 Å². The van der Waals surface area contributed by atoms with E-state index in [1.54, 1.807) is 17.5 Å². The number of rotatable bonds is 5. The summed E-state index contributed by atoms with van der Waals surface area (Å²) in [6.07, 6.45) is 4.95. The van der Waals surface area contributed by atoms with E-state index in [-0.39, 0.29) is 0 Å². The Balaban J connectivity index is 1.90. The zero-order valence-electron chi connectivity index (χ0n) is 9.34. The smallest absolute Gasteiger partial charge is 0.0824 e. The van der Waals surface area contributed by atoms with Gasteiger partial charge in [0.1, 0.15) is 0 Å². The van der Waals surface area contributed by atoms with Crippen LogP contribution in [-0.2, 0) is 13.0 Å². The van der Waals surface area contributed by atoms with Crippen LogP contribution in [0.4, 0.5) is 0 Å². The second-order valence-electron chi connectivity index (χ2n) is 3.76. The minimum atomic E-state index is -0.401. The van der Waals surface area contributed by atoms with Crippen LogP contribution in [0.1, 0.15) is 29.9 Å². The largest absolute Gasteiger partial charge is 0.388 e. The molecule has 0 fully saturated rings. The molecule has 0 aliphatic heterocycles. The van der Waals surface area contributed by atoms with Crippen molar-refractivity contribution in [2.75, 3.05) is 0 Å². The van der Waals surface area contributed by atoms with Crippen LogP contribution in [0.5, 0.6) is 0 Å². The molecule has 2 aromatic rings. The summed E-state index contributed by atoms with van der Waals surface area (Å²) >= 11 is 1.74. The summed E-state index contributed by atoms with van der Waals surface area (Å²) in [7, 11) is 0. The Kier molecular flexibility index (Phi) is 3.74. The second kappa shape index (κ2) is 5.27. The van der Waals surface area contributed by atoms with E-state index in [4.69, 9.17) is 0 Å². The lowest BCUT2D eigenvalue weighted by Crippen LogP contribution is -1.98. The normalized spacial score (nSPS) is 12.9. The van der Waals surface area contributed by atoms with Gasteiger partial charge in [-0.1, -0.05) is 6.07 Å². The van der Waals surface area contributed by atoms with Gasteiger partial charge < -0.3 is 5.11 Å². The molecule has 86 valence electrons. The van der Waals surface area contributed by atoms with Crippen LogP contribution in [-0.4, -0.2) is 14.9 Å². The fourth-order valence-corrected chi connectivity index (χ4v) is 2.35. The predicted octanol–water partition coefficient (Wildman–Crippen LogP) is 2.63. The molecular weight excluding hydrogens is 220 g/mol. The van der Waals surface area contributed by atoms with Gasteiger partial charge in [-0.25, -0.2) is 0 Å². The molecule has 0 radical (unpaired) electrons. The predicted molar refractivity (Wildman–Crippen MR) is 65.5 cm³/mol. The Bertz CT molecular complexity index is 422. The first-order valence-corrected chi connectivity index (χ1v) is 6.40. The van der Waals surface area contributed by atoms with Gasteiger partial charge in [0, 0.05) is 23.2 Å². The Hall–Kier alpha value is -1.13. The standard InChI is InChI=1S/C12H16N2OS/c1-2-14-9-10(8-13-14)12(15)6-5-11-4-3-7-16-11/h3-4,7-9,12,15H,2,5-6H2,1H3. The van der Waals surface area contributed by atoms with Crippen molar-refractivity contribution in [3.63, 3.8) is 0 Å². The highest BCUT2D eigenvalue weighted by Crippen LogP contribution is 2.20. The Morgan fingerprint density at radius 1 is 1.56 bits per heavy atom. The van der Waals surface area contributed by atoms with Crippen molar-refractivity contribution in [3.8, 4) is 0 Å². The van der Waals surface area contributed by atoms with E-state index in [0.29, 0.717) is 0 Å². The number of thiophene rings is 1. The molecule has 2 aromatic heterocycles. The van der Waals surface area contributed by atoms with Crippen molar-refractivity contribution in [1.29, 1.82) is 0 Å². The molecule has 0 spiro atoms. The summed E-state index contributed by atoms with van der Waals surface area (Å²) in [6, 6.07) is 4.15. The van der Waals surface area contributed by atoms with Crippen LogP contribution in [0.15, 0.2) is 29.9 Å². The molecule has 0 aliphatic rings. The minimum absolute atomic E-state index is 0.401. The Morgan fingerprint density at radius 2 is 2.44 bits per heavy atom. The average Bonchev–Trinajstić information content (AvgIpc) is 2.96. The van der Waals surface area contributed by atoms with Crippen LogP contribution in [0.2, 0.25) is 0 Å². The molecule has 0 saturated carbocycles. The first kappa shape index (κ1) is 11.4. The van der Waals surface area contributed by atoms with Crippen LogP contribution < -0.4 is 0 Å². The molecule has 3 nitrogen and oxygen atoms in total. The van der Waals surface area contributed by atoms with Crippen molar-refractivity contribution in [2.45, 2.75) is 32.4 Å². The van der Waals surface area contributed by atoms with Gasteiger partial charge in [0.2, 0.25) is 0 Å². The highest BCUT2D eigenvalue weighted by Gasteiger charge is 2.10. The SMILES string of the molecule is CCn1cc(C(O)CCc2cccs2)cn1. The van der Waals surface area contributed by atoms with E-state index in [2.05, 4.69) is 16.5 Å². The van der Waals surface area contributed by atoms with E-state index in [0.717, 1.165) is 24.9 Å². The molecule has 0 aliphatic carbocycles. The summed E-state index contributed by atoms with van der Waals surface area (Å²) in [5, 5.41) is 16.2. The number of aliphatic hydroxyl groups excluding tert-OH is 1. The first-order chi connectivity index (χ1) is 7.79. The number of aliphatic hydroxyl groups is 1. The third-order valence-electron chi connectivity index (χ3n) is 2.61. The summed E-state index contributed by atoms with van der Waals surface area (Å²) < 4.78 is 1.84. The zero-order valence-corrected chi connectivity index (χ0v) is 10.2. The molecule has 0 amide bonds. The molecule has 1 N–H and O–H groups in total. The monoisotopic (exact) mass is 236 g/mol. The van der Waals surface area contributed by atoms with E-state index in [1.165, 1.54) is 4.88 Å². The molecule has 16 heavy (non-hydrogen) atoms. The Morgan fingerprint density at radius 3 is 3.06 bits per heavy atom. The molecule has 0 saturated heterocycles. The van der Waals surface area contributed by atoms with Crippen molar-refractivity contribution >= 4 is 11.3 Å². The number of hydrogen-bond donors (Lipinski definition) is 1. The molecule has 1 unspecified atom stereocenters. The third kappa shape index (κ3) is 2.71. The lowest BCUT2D eigenvalue weighted by atomic mass is 10.1. The number of aryl methyl sites for hydroxylation is 2. The molecule has 2 heterocycles. The highest BCUT2D eigenvalue weighted by atomic mass is 32.1. The van der Waals surface area contributed by atoms with Gasteiger partial charge in [-0.3, -0.25) is 4.68 Å². The lowest BCUT2D eigenvalue weighted by molar-refractivity contribution is 0.168. The van der Waals surface area contributed by atoms with Crippen molar-refractivity contribution < 1.29 is 5.11 Å². The fourth-order valence-electron chi connectivity index (χ4n) is 1.63. The summed E-state index contributed by atoms with van der Waals surface area (Å²) in [4.78, 5) is 1.32. The number of aromatic nitrogens is 2. The zero-order chi connectivity index (χ0) is 11.4. The van der Waals surface area contributed by atoms with Crippen LogP contribution >= 0.6 is 11.3 Å². The van der Waals surface area contributed by atoms with Gasteiger partial charge in [0.15, 0.2) is 0 Å². The third-order valence-corrected chi connectivity index (χ3v) is 3.54. The van der Waals surface area contributed by atoms with E-state index < -0.39 is 6.10 Å². The van der Waals surface area contributed by atoms with Gasteiger partial charge in [-0.2, -0.15) is 5.10 Å². The van der Waals surface area contributed by atoms with E-state index in [9.17, 15) is 5.11 Å². The molecule has 0 bridgehead atoms. The highest BCUT2D eigenvalue weighted by molar-refractivity contribution is 7.09. The number of nitrogens with zero attached hydrogens (tertiary/aromatic N) is 2. The second-order valence-corrected chi connectivity index (χ2v) is 4.80. The summed E-state index contributed by atoms with van der Waals surface area (Å²) in [5.41, 5.74) is 0.915. The maximum absolute atomic E-state index is 9.98. The van der Waals surface area contributed by atoms with Gasteiger partial charge in [-0.05, 0) is 31.2 Å². The maximum atomic E-state index is 9.98. The lowest BCUT2D eigenvalue weighted by Gasteiger charge is -2.06.